The number of ether oxygens (including phenoxy) is 1. The summed E-state index contributed by atoms with van der Waals surface area (Å²) in [6, 6.07) is 7.10. The summed E-state index contributed by atoms with van der Waals surface area (Å²) >= 11 is 0. The van der Waals surface area contributed by atoms with Crippen LogP contribution < -0.4 is 5.32 Å². The maximum absolute atomic E-state index is 6.34. The molecule has 3 fully saturated rings. The van der Waals surface area contributed by atoms with Crippen LogP contribution in [-0.2, 0) is 4.74 Å². The summed E-state index contributed by atoms with van der Waals surface area (Å²) in [5, 5.41) is 5.70. The summed E-state index contributed by atoms with van der Waals surface area (Å²) in [6.45, 7) is 8.46. The van der Waals surface area contributed by atoms with Gasteiger partial charge in [-0.1, -0.05) is 17.7 Å². The fourth-order valence-corrected chi connectivity index (χ4v) is 4.75. The van der Waals surface area contributed by atoms with E-state index in [4.69, 9.17) is 4.74 Å². The number of piperidine rings is 3. The van der Waals surface area contributed by atoms with Crippen LogP contribution in [0.5, 0.6) is 0 Å². The van der Waals surface area contributed by atoms with E-state index in [-0.39, 0.29) is 5.60 Å². The lowest BCUT2D eigenvalue weighted by molar-refractivity contribution is -0.0829. The number of aromatic nitrogens is 1. The van der Waals surface area contributed by atoms with Crippen molar-refractivity contribution in [1.82, 2.24) is 9.88 Å². The normalized spacial score (nSPS) is 30.6. The minimum absolute atomic E-state index is 0.108. The Hall–Kier alpha value is -2.14. The molecular weight excluding hydrogens is 312 g/mol. The summed E-state index contributed by atoms with van der Waals surface area (Å²) in [6.07, 6.45) is 4.40. The molecule has 0 saturated carbocycles. The number of hydrogen-bond donors (Lipinski definition) is 1. The van der Waals surface area contributed by atoms with Crippen molar-refractivity contribution in [3.05, 3.63) is 35.5 Å². The van der Waals surface area contributed by atoms with E-state index in [1.807, 2.05) is 6.20 Å². The second-order valence-corrected chi connectivity index (χ2v) is 7.84. The quantitative estimate of drug-likeness (QED) is 0.869. The maximum Gasteiger partial charge on any atom is 0.291 e. The van der Waals surface area contributed by atoms with Crippen LogP contribution in [0, 0.1) is 19.8 Å². The average Bonchev–Trinajstić information content (AvgIpc) is 2.97. The second-order valence-electron chi connectivity index (χ2n) is 7.84. The first-order chi connectivity index (χ1) is 12.1. The van der Waals surface area contributed by atoms with Crippen LogP contribution in [0.1, 0.15) is 24.0 Å². The number of anilines is 1. The molecule has 6 rings (SSSR count). The number of hydrogen-bond acceptors (Lipinski definition) is 5. The third-order valence-electron chi connectivity index (χ3n) is 6.04. The summed E-state index contributed by atoms with van der Waals surface area (Å²) in [5.74, 6) is 1.44. The third kappa shape index (κ3) is 2.49. The smallest absolute Gasteiger partial charge is 0.291 e. The fourth-order valence-electron chi connectivity index (χ4n) is 4.75. The second kappa shape index (κ2) is 5.43. The van der Waals surface area contributed by atoms with E-state index in [1.54, 1.807) is 0 Å². The lowest BCUT2D eigenvalue weighted by atomic mass is 9.75. The van der Waals surface area contributed by atoms with Crippen molar-refractivity contribution in [1.29, 1.82) is 0 Å². The predicted octanol–water partition coefficient (Wildman–Crippen LogP) is 3.11. The Morgan fingerprint density at radius 2 is 2.04 bits per heavy atom. The molecule has 0 amide bonds. The molecule has 4 aliphatic heterocycles. The van der Waals surface area contributed by atoms with Gasteiger partial charge in [-0.05, 0) is 56.8 Å². The van der Waals surface area contributed by atoms with Crippen molar-refractivity contribution < 1.29 is 4.74 Å². The number of nitrogens with zero attached hydrogens (tertiary/aromatic N) is 3. The topological polar surface area (TPSA) is 49.8 Å². The van der Waals surface area contributed by atoms with Crippen LogP contribution in [0.3, 0.4) is 0 Å². The summed E-state index contributed by atoms with van der Waals surface area (Å²) in [7, 11) is 0. The molecule has 0 unspecified atom stereocenters. The average molecular weight is 336 g/mol. The molecule has 2 aromatic rings. The number of benzene rings is 1. The molecule has 1 aromatic heterocycles. The number of amidine groups is 1. The van der Waals surface area contributed by atoms with Gasteiger partial charge in [0.15, 0.2) is 0 Å². The van der Waals surface area contributed by atoms with Gasteiger partial charge in [-0.3, -0.25) is 10.2 Å². The maximum atomic E-state index is 6.34. The number of nitrogens with one attached hydrogen (secondary N) is 1. The molecule has 0 radical (unpaired) electrons. The van der Waals surface area contributed by atoms with Gasteiger partial charge in [0, 0.05) is 24.0 Å². The molecule has 1 N–H and O–H groups in total. The highest BCUT2D eigenvalue weighted by molar-refractivity contribution is 5.93. The standard InChI is InChI=1S/C20H24N4O/c1-13-7-14(2)17-10-21-18(9-15(17)8-13)23-19-22-11-20(25-19)12-24-5-3-16(20)4-6-24/h7-10,16H,3-6,11-12H2,1-2H3,(H,21,22,23)/t20-/m0/s1. The number of fused-ring (bicyclic) bond motifs is 3. The summed E-state index contributed by atoms with van der Waals surface area (Å²) in [5.41, 5.74) is 2.42. The number of aryl methyl sites for hydroxylation is 2. The molecule has 25 heavy (non-hydrogen) atoms. The van der Waals surface area contributed by atoms with Crippen molar-refractivity contribution in [2.75, 3.05) is 31.5 Å². The highest BCUT2D eigenvalue weighted by Crippen LogP contribution is 2.40. The minimum atomic E-state index is -0.108. The van der Waals surface area contributed by atoms with Gasteiger partial charge in [0.25, 0.3) is 6.02 Å². The van der Waals surface area contributed by atoms with Gasteiger partial charge in [0.1, 0.15) is 11.4 Å². The van der Waals surface area contributed by atoms with E-state index in [1.165, 1.54) is 47.8 Å². The van der Waals surface area contributed by atoms with E-state index in [2.05, 4.69) is 52.2 Å². The summed E-state index contributed by atoms with van der Waals surface area (Å²) in [4.78, 5) is 11.7. The van der Waals surface area contributed by atoms with Gasteiger partial charge in [-0.15, -0.1) is 0 Å². The zero-order valence-corrected chi connectivity index (χ0v) is 14.9. The van der Waals surface area contributed by atoms with Gasteiger partial charge in [-0.25, -0.2) is 9.98 Å². The van der Waals surface area contributed by atoms with Gasteiger partial charge in [0.05, 0.1) is 6.54 Å². The summed E-state index contributed by atoms with van der Waals surface area (Å²) < 4.78 is 6.34. The number of aliphatic imine (C=N–C) groups is 1. The minimum Gasteiger partial charge on any atom is -0.455 e. The Morgan fingerprint density at radius 3 is 2.80 bits per heavy atom. The first-order valence-corrected chi connectivity index (χ1v) is 9.21. The number of pyridine rings is 1. The van der Waals surface area contributed by atoms with E-state index in [0.29, 0.717) is 11.9 Å². The van der Waals surface area contributed by atoms with Crippen LogP contribution in [-0.4, -0.2) is 47.7 Å². The molecule has 3 saturated heterocycles. The molecule has 5 heteroatoms. The molecular formula is C20H24N4O. The Balaban J connectivity index is 1.37. The van der Waals surface area contributed by atoms with Gasteiger partial charge >= 0.3 is 0 Å². The van der Waals surface area contributed by atoms with Crippen molar-refractivity contribution >= 4 is 22.6 Å². The molecule has 5 nitrogen and oxygen atoms in total. The highest BCUT2D eigenvalue weighted by Gasteiger charge is 2.51. The van der Waals surface area contributed by atoms with E-state index < -0.39 is 0 Å². The van der Waals surface area contributed by atoms with Crippen LogP contribution in [0.25, 0.3) is 10.8 Å². The van der Waals surface area contributed by atoms with E-state index in [9.17, 15) is 0 Å². The number of rotatable bonds is 1. The Labute approximate surface area is 148 Å². The lowest BCUT2D eigenvalue weighted by Crippen LogP contribution is -2.61. The van der Waals surface area contributed by atoms with Crippen molar-refractivity contribution in [2.45, 2.75) is 32.3 Å². The molecule has 1 spiro atoms. The zero-order chi connectivity index (χ0) is 17.0. The molecule has 130 valence electrons. The zero-order valence-electron chi connectivity index (χ0n) is 14.9. The Kier molecular flexibility index (Phi) is 3.29. The molecule has 4 aliphatic rings. The van der Waals surface area contributed by atoms with Crippen molar-refractivity contribution in [2.24, 2.45) is 10.9 Å². The van der Waals surface area contributed by atoms with Crippen LogP contribution in [0.15, 0.2) is 29.4 Å². The van der Waals surface area contributed by atoms with Crippen LogP contribution in [0.2, 0.25) is 0 Å². The largest absolute Gasteiger partial charge is 0.455 e. The Bertz CT molecular complexity index is 869. The third-order valence-corrected chi connectivity index (χ3v) is 6.04. The molecule has 1 atom stereocenters. The Morgan fingerprint density at radius 1 is 1.20 bits per heavy atom. The van der Waals surface area contributed by atoms with Crippen LogP contribution >= 0.6 is 0 Å². The molecule has 1 aromatic carbocycles. The lowest BCUT2D eigenvalue weighted by Gasteiger charge is -2.50. The van der Waals surface area contributed by atoms with Crippen molar-refractivity contribution in [3.8, 4) is 0 Å². The first kappa shape index (κ1) is 15.1. The van der Waals surface area contributed by atoms with E-state index in [0.717, 1.165) is 18.9 Å². The van der Waals surface area contributed by atoms with Gasteiger partial charge < -0.3 is 4.74 Å². The molecule has 5 heterocycles. The monoisotopic (exact) mass is 336 g/mol. The fraction of sp³-hybridized carbons (Fsp3) is 0.500. The van der Waals surface area contributed by atoms with E-state index >= 15 is 0 Å². The van der Waals surface area contributed by atoms with Gasteiger partial charge in [-0.2, -0.15) is 0 Å². The first-order valence-electron chi connectivity index (χ1n) is 9.21. The van der Waals surface area contributed by atoms with Crippen LogP contribution in [0.4, 0.5) is 5.82 Å². The molecule has 2 bridgehead atoms. The van der Waals surface area contributed by atoms with Crippen molar-refractivity contribution in [3.63, 3.8) is 0 Å². The van der Waals surface area contributed by atoms with Gasteiger partial charge in [0.2, 0.25) is 0 Å². The molecule has 0 aliphatic carbocycles. The SMILES string of the molecule is Cc1cc(C)c2cnc(NC3=NC[C@@]4(CN5CCC4CC5)O3)cc2c1. The predicted molar refractivity (Wildman–Crippen MR) is 100 cm³/mol. The highest BCUT2D eigenvalue weighted by atomic mass is 16.5.